The summed E-state index contributed by atoms with van der Waals surface area (Å²) in [7, 11) is 0. The Morgan fingerprint density at radius 3 is 2.83 bits per heavy atom. The van der Waals surface area contributed by atoms with Gasteiger partial charge in [0.25, 0.3) is 0 Å². The highest BCUT2D eigenvalue weighted by Crippen LogP contribution is 2.31. The average molecular weight is 260 g/mol. The molecule has 1 atom stereocenters. The summed E-state index contributed by atoms with van der Waals surface area (Å²) in [6.45, 7) is 0.764. The van der Waals surface area contributed by atoms with E-state index in [1.807, 2.05) is 36.4 Å². The molecule has 3 heteroatoms. The lowest BCUT2D eigenvalue weighted by Crippen LogP contribution is -2.12. The highest BCUT2D eigenvalue weighted by molar-refractivity contribution is 6.31. The molecule has 0 aliphatic carbocycles. The van der Waals surface area contributed by atoms with E-state index in [0.717, 1.165) is 29.9 Å². The maximum atomic E-state index is 6.29. The molecule has 0 bridgehead atoms. The van der Waals surface area contributed by atoms with Gasteiger partial charge in [0.1, 0.15) is 5.75 Å². The van der Waals surface area contributed by atoms with Crippen LogP contribution in [0.15, 0.2) is 42.5 Å². The molecule has 2 nitrogen and oxygen atoms in total. The summed E-state index contributed by atoms with van der Waals surface area (Å²) in [5.74, 6) is 0.977. The predicted octanol–water partition coefficient (Wildman–Crippen LogP) is 3.32. The lowest BCUT2D eigenvalue weighted by atomic mass is 9.97. The van der Waals surface area contributed by atoms with Crippen molar-refractivity contribution in [3.8, 4) is 5.75 Å². The summed E-state index contributed by atoms with van der Waals surface area (Å²) in [6, 6.07) is 13.6. The summed E-state index contributed by atoms with van der Waals surface area (Å²) >= 11 is 6.18. The van der Waals surface area contributed by atoms with E-state index in [4.69, 9.17) is 22.1 Å². The molecule has 0 saturated carbocycles. The number of hydrogen-bond donors (Lipinski definition) is 1. The molecule has 0 spiro atoms. The van der Waals surface area contributed by atoms with Gasteiger partial charge in [-0.1, -0.05) is 41.9 Å². The van der Waals surface area contributed by atoms with Gasteiger partial charge < -0.3 is 10.5 Å². The third-order valence-electron chi connectivity index (χ3n) is 3.31. The molecule has 0 aromatic heterocycles. The zero-order valence-electron chi connectivity index (χ0n) is 9.90. The first-order valence-corrected chi connectivity index (χ1v) is 6.39. The predicted molar refractivity (Wildman–Crippen MR) is 73.1 cm³/mol. The van der Waals surface area contributed by atoms with Crippen molar-refractivity contribution in [1.82, 2.24) is 0 Å². The Kier molecular flexibility index (Phi) is 2.98. The maximum absolute atomic E-state index is 6.29. The first-order chi connectivity index (χ1) is 8.75. The van der Waals surface area contributed by atoms with Gasteiger partial charge in [0, 0.05) is 11.4 Å². The molecule has 1 aliphatic rings. The molecule has 18 heavy (non-hydrogen) atoms. The molecule has 3 rings (SSSR count). The molecule has 1 aliphatic heterocycles. The Morgan fingerprint density at radius 1 is 1.17 bits per heavy atom. The van der Waals surface area contributed by atoms with Gasteiger partial charge in [-0.2, -0.15) is 0 Å². The van der Waals surface area contributed by atoms with Gasteiger partial charge in [-0.3, -0.25) is 0 Å². The zero-order valence-corrected chi connectivity index (χ0v) is 10.7. The van der Waals surface area contributed by atoms with Crippen LogP contribution in [0.4, 0.5) is 0 Å². The van der Waals surface area contributed by atoms with Crippen molar-refractivity contribution in [2.45, 2.75) is 12.5 Å². The summed E-state index contributed by atoms with van der Waals surface area (Å²) in [4.78, 5) is 0. The first-order valence-electron chi connectivity index (χ1n) is 6.01. The van der Waals surface area contributed by atoms with Crippen molar-refractivity contribution in [3.05, 3.63) is 64.2 Å². The van der Waals surface area contributed by atoms with E-state index < -0.39 is 0 Å². The van der Waals surface area contributed by atoms with Gasteiger partial charge >= 0.3 is 0 Å². The van der Waals surface area contributed by atoms with Gasteiger partial charge in [-0.15, -0.1) is 0 Å². The van der Waals surface area contributed by atoms with Crippen LogP contribution in [-0.4, -0.2) is 6.61 Å². The van der Waals surface area contributed by atoms with Gasteiger partial charge in [-0.05, 0) is 28.8 Å². The number of rotatable bonds is 2. The third-order valence-corrected chi connectivity index (χ3v) is 3.66. The topological polar surface area (TPSA) is 35.2 Å². The number of halogens is 1. The van der Waals surface area contributed by atoms with E-state index in [1.165, 1.54) is 5.56 Å². The molecule has 92 valence electrons. The van der Waals surface area contributed by atoms with E-state index in [0.29, 0.717) is 5.02 Å². The molecule has 2 aromatic rings. The fourth-order valence-corrected chi connectivity index (χ4v) is 2.56. The van der Waals surface area contributed by atoms with E-state index in [1.54, 1.807) is 0 Å². The number of nitrogens with two attached hydrogens (primary N) is 1. The lowest BCUT2D eigenvalue weighted by molar-refractivity contribution is 0.357. The van der Waals surface area contributed by atoms with E-state index in [-0.39, 0.29) is 6.04 Å². The van der Waals surface area contributed by atoms with Gasteiger partial charge in [0.2, 0.25) is 0 Å². The minimum absolute atomic E-state index is 0.190. The quantitative estimate of drug-likeness (QED) is 0.898. The fourth-order valence-electron chi connectivity index (χ4n) is 2.31. The molecule has 2 aromatic carbocycles. The molecular formula is C15H14ClNO. The largest absolute Gasteiger partial charge is 0.493 e. The number of benzene rings is 2. The Balaban J connectivity index is 1.98. The molecule has 1 heterocycles. The second-order valence-corrected chi connectivity index (χ2v) is 4.87. The van der Waals surface area contributed by atoms with Gasteiger partial charge in [-0.25, -0.2) is 0 Å². The van der Waals surface area contributed by atoms with Crippen molar-refractivity contribution in [3.63, 3.8) is 0 Å². The fraction of sp³-hybridized carbons (Fsp3) is 0.200. The Labute approximate surface area is 111 Å². The molecular weight excluding hydrogens is 246 g/mol. The summed E-state index contributed by atoms with van der Waals surface area (Å²) in [5, 5.41) is 0.710. The van der Waals surface area contributed by atoms with E-state index in [9.17, 15) is 0 Å². The van der Waals surface area contributed by atoms with Crippen molar-refractivity contribution in [2.24, 2.45) is 5.73 Å². The monoisotopic (exact) mass is 259 g/mol. The van der Waals surface area contributed by atoms with E-state index >= 15 is 0 Å². The first kappa shape index (κ1) is 11.6. The van der Waals surface area contributed by atoms with Crippen molar-refractivity contribution >= 4 is 11.6 Å². The Morgan fingerprint density at radius 2 is 2.00 bits per heavy atom. The lowest BCUT2D eigenvalue weighted by Gasteiger charge is -2.15. The highest BCUT2D eigenvalue weighted by atomic mass is 35.5. The SMILES string of the molecule is N[C@@H](c1ccc2c(c1)CCO2)c1ccccc1Cl. The third kappa shape index (κ3) is 1.98. The van der Waals surface area contributed by atoms with Crippen LogP contribution in [0.2, 0.25) is 5.02 Å². The van der Waals surface area contributed by atoms with Crippen LogP contribution in [0.3, 0.4) is 0 Å². The van der Waals surface area contributed by atoms with Crippen LogP contribution < -0.4 is 10.5 Å². The molecule has 0 unspecified atom stereocenters. The van der Waals surface area contributed by atoms with Crippen LogP contribution in [0.25, 0.3) is 0 Å². The van der Waals surface area contributed by atoms with Crippen LogP contribution in [-0.2, 0) is 6.42 Å². The van der Waals surface area contributed by atoms with Crippen molar-refractivity contribution in [2.75, 3.05) is 6.61 Å². The minimum atomic E-state index is -0.190. The van der Waals surface area contributed by atoms with Crippen LogP contribution in [0.5, 0.6) is 5.75 Å². The number of hydrogen-bond acceptors (Lipinski definition) is 2. The number of fused-ring (bicyclic) bond motifs is 1. The average Bonchev–Trinajstić information content (AvgIpc) is 2.85. The van der Waals surface area contributed by atoms with Crippen LogP contribution in [0.1, 0.15) is 22.7 Å². The minimum Gasteiger partial charge on any atom is -0.493 e. The normalized spacial score (nSPS) is 15.0. The maximum Gasteiger partial charge on any atom is 0.122 e. The standard InChI is InChI=1S/C15H14ClNO/c16-13-4-2-1-3-12(13)15(17)11-5-6-14-10(9-11)7-8-18-14/h1-6,9,15H,7-8,17H2/t15-/m0/s1. The Hall–Kier alpha value is -1.51. The van der Waals surface area contributed by atoms with E-state index in [2.05, 4.69) is 6.07 Å². The van der Waals surface area contributed by atoms with Crippen molar-refractivity contribution in [1.29, 1.82) is 0 Å². The summed E-state index contributed by atoms with van der Waals surface area (Å²) < 4.78 is 5.50. The zero-order chi connectivity index (χ0) is 12.5. The highest BCUT2D eigenvalue weighted by Gasteiger charge is 2.17. The second kappa shape index (κ2) is 4.63. The Bertz CT molecular complexity index is 582. The number of ether oxygens (including phenoxy) is 1. The molecule has 0 radical (unpaired) electrons. The second-order valence-electron chi connectivity index (χ2n) is 4.46. The molecule has 0 fully saturated rings. The molecule has 0 amide bonds. The van der Waals surface area contributed by atoms with Gasteiger partial charge in [0.05, 0.1) is 12.6 Å². The summed E-state index contributed by atoms with van der Waals surface area (Å²) in [6.07, 6.45) is 0.957. The van der Waals surface area contributed by atoms with Crippen molar-refractivity contribution < 1.29 is 4.74 Å². The molecule has 0 saturated heterocycles. The van der Waals surface area contributed by atoms with Crippen LogP contribution in [0, 0.1) is 0 Å². The molecule has 2 N–H and O–H groups in total. The van der Waals surface area contributed by atoms with Gasteiger partial charge in [0.15, 0.2) is 0 Å². The van der Waals surface area contributed by atoms with Crippen LogP contribution >= 0.6 is 11.6 Å². The smallest absolute Gasteiger partial charge is 0.122 e. The summed E-state index contributed by atoms with van der Waals surface area (Å²) in [5.41, 5.74) is 9.55.